The van der Waals surface area contributed by atoms with Crippen LogP contribution in [0, 0.1) is 136 Å². The predicted molar refractivity (Wildman–Crippen MR) is 469 cm³/mol. The number of hydrogen-bond donors (Lipinski definition) is 0. The topological polar surface area (TPSA) is 0 Å². The Morgan fingerprint density at radius 2 is 0.361 bits per heavy atom. The van der Waals surface area contributed by atoms with Crippen LogP contribution in [0.1, 0.15) is 418 Å². The molecule has 25 fully saturated rings. The quantitative estimate of drug-likeness (QED) is 0.165. The molecule has 0 saturated heterocycles. The molecule has 0 radical (unpaired) electrons. The summed E-state index contributed by atoms with van der Waals surface area (Å²) in [5.41, 5.74) is 0.858. The van der Waals surface area contributed by atoms with Gasteiger partial charge in [0.2, 0.25) is 0 Å². The molecule has 0 amide bonds. The highest BCUT2D eigenvalue weighted by atomic mass is 15.0. The van der Waals surface area contributed by atoms with Crippen molar-refractivity contribution in [1.29, 1.82) is 0 Å². The van der Waals surface area contributed by atoms with Gasteiger partial charge in [-0.05, 0) is 228 Å². The summed E-state index contributed by atoms with van der Waals surface area (Å²) in [7, 11) is 0. The van der Waals surface area contributed by atoms with Gasteiger partial charge in [0, 0.05) is 0 Å². The van der Waals surface area contributed by atoms with Crippen molar-refractivity contribution in [3.63, 3.8) is 0 Å². The zero-order chi connectivity index (χ0) is 73.4. The summed E-state index contributed by atoms with van der Waals surface area (Å²) >= 11 is 0. The Kier molecular flexibility index (Phi) is 32.9. The van der Waals surface area contributed by atoms with Gasteiger partial charge in [-0.15, -0.1) is 0 Å². The van der Waals surface area contributed by atoms with Crippen LogP contribution < -0.4 is 0 Å². The molecule has 0 N–H and O–H groups in total. The molecule has 0 heteroatoms. The van der Waals surface area contributed by atoms with E-state index < -0.39 is 0 Å². The Hall–Kier alpha value is -2.60. The Morgan fingerprint density at radius 1 is 0.185 bits per heavy atom. The van der Waals surface area contributed by atoms with Crippen molar-refractivity contribution in [3.05, 3.63) is 97.1 Å². The molecule has 602 valence electrons. The summed E-state index contributed by atoms with van der Waals surface area (Å²) in [6, 6.07) is 33.4. The molecule has 0 atom stereocenters. The second-order valence-corrected chi connectivity index (χ2v) is 42.2. The molecule has 0 unspecified atom stereocenters. The largest absolute Gasteiger partial charge is 0.0656 e. The van der Waals surface area contributed by atoms with Crippen LogP contribution >= 0.6 is 0 Å². The molecule has 4 aromatic rings. The van der Waals surface area contributed by atoms with Crippen molar-refractivity contribution in [3.8, 4) is 0 Å². The van der Waals surface area contributed by atoms with Gasteiger partial charge >= 0.3 is 0 Å². The smallest absolute Gasteiger partial charge is 0.0184 e. The summed E-state index contributed by atoms with van der Waals surface area (Å²) in [5.74, 6) is 27.0. The average Bonchev–Trinajstić information content (AvgIpc) is 0.640. The zero-order valence-corrected chi connectivity index (χ0v) is 71.0. The van der Waals surface area contributed by atoms with Gasteiger partial charge in [0.05, 0.1) is 0 Å². The lowest BCUT2D eigenvalue weighted by Crippen LogP contribution is -3.00. The van der Waals surface area contributed by atoms with Crippen molar-refractivity contribution in [1.82, 2.24) is 0 Å². The molecule has 0 nitrogen and oxygen atoms in total. The Balaban J connectivity index is 0.0000000989. The predicted octanol–water partition coefficient (Wildman–Crippen LogP) is 34.0. The fraction of sp³-hybridized carbons (Fsp3) is 0.815. The fourth-order valence-corrected chi connectivity index (χ4v) is 29.8. The van der Waals surface area contributed by atoms with Gasteiger partial charge in [-0.25, -0.2) is 0 Å². The van der Waals surface area contributed by atoms with Crippen LogP contribution in [0.2, 0.25) is 0 Å². The Labute approximate surface area is 668 Å². The van der Waals surface area contributed by atoms with Gasteiger partial charge in [0.25, 0.3) is 0 Å². The average molecular weight is 1470 g/mol. The van der Waals surface area contributed by atoms with Crippen LogP contribution in [0.3, 0.4) is 0 Å². The molecule has 25 aliphatic rings. The summed E-state index contributed by atoms with van der Waals surface area (Å²) in [6.07, 6.45) is 97.0. The summed E-state index contributed by atoms with van der Waals surface area (Å²) in [4.78, 5) is 0. The molecule has 25 saturated carbocycles. The molecule has 0 aromatic heterocycles. The van der Waals surface area contributed by atoms with Gasteiger partial charge in [0.15, 0.2) is 0 Å². The molecule has 4 aromatic carbocycles. The van der Waals surface area contributed by atoms with E-state index in [1.807, 2.05) is 0 Å². The maximum atomic E-state index is 2.12. The van der Waals surface area contributed by atoms with Crippen LogP contribution in [-0.4, -0.2) is 0 Å². The van der Waals surface area contributed by atoms with Gasteiger partial charge < -0.3 is 0 Å². The van der Waals surface area contributed by atoms with Crippen molar-refractivity contribution >= 4 is 21.5 Å². The normalized spacial score (nSPS) is 38.7. The number of benzene rings is 4. The Bertz CT molecular complexity index is 2510. The molecule has 25 aliphatic carbocycles. The van der Waals surface area contributed by atoms with E-state index in [1.54, 1.807) is 218 Å². The first-order valence-electron chi connectivity index (χ1n) is 50.4. The summed E-state index contributed by atoms with van der Waals surface area (Å²) in [5, 5.41) is 5.24. The Morgan fingerprint density at radius 3 is 0.546 bits per heavy atom. The lowest BCUT2D eigenvalue weighted by molar-refractivity contribution is -0.565. The fourth-order valence-electron chi connectivity index (χ4n) is 29.8. The van der Waals surface area contributed by atoms with E-state index in [9.17, 15) is 0 Å². The highest BCUT2D eigenvalue weighted by Gasteiger charge is 2.97. The van der Waals surface area contributed by atoms with Crippen LogP contribution in [-0.2, 0) is 0 Å². The highest BCUT2D eigenvalue weighted by Crippen LogP contribution is 3.01. The SMILES string of the molecule is C12C3C4C1C1C2C3C41.C1C2CC3CC1CC(C2)C3.C1CC2CCC1C2.C1CC2CCC1CC2.C1CC2CCCC3CCCC(C1)C23.C1CCC2(CC1)CCCCC2.C1CCC2CCCCC2C1.C1CCCCC1.C1CCCCC1.C1CCCCC1.CCC.c1ccc2ccccc2c1.c1ccc2ccccc2c1. The van der Waals surface area contributed by atoms with E-state index in [2.05, 4.69) is 111 Å². The molecule has 0 aliphatic heterocycles. The minimum Gasteiger partial charge on any atom is -0.0656 e. The maximum Gasteiger partial charge on any atom is -0.0184 e. The second kappa shape index (κ2) is 43.4. The summed E-state index contributed by atoms with van der Waals surface area (Å²) in [6.45, 7) is 4.25. The van der Waals surface area contributed by atoms with Gasteiger partial charge in [0.1, 0.15) is 0 Å². The van der Waals surface area contributed by atoms with Crippen LogP contribution in [0.25, 0.3) is 21.5 Å². The lowest BCUT2D eigenvalue weighted by Gasteiger charge is -3.03. The van der Waals surface area contributed by atoms with Crippen LogP contribution in [0.15, 0.2) is 97.1 Å². The van der Waals surface area contributed by atoms with Crippen LogP contribution in [0.5, 0.6) is 0 Å². The monoisotopic (exact) mass is 1470 g/mol. The highest BCUT2D eigenvalue weighted by molar-refractivity contribution is 5.82. The standard InChI is InChI=1S/C13H22.C11H20.C10H16.C10H18.2C10H8.C8H8.C8H14.C7H12.3C6H12.C3H8/c1-4-10-6-2-8-12-9-3-7-11(5-1)13(10)12;1-3-7-11(8-4-1)9-5-2-6-10-11;1-7-2-9-4-8(1)5-10(3-7)6-9;3*1-2-6-10-8-4-3-7-9(10)5-1;1-2-5-3(1)7-4(1)6(2)8(5)7;1-2-8-5-3-7(1)4-6-8;1-2-7-4-3-6(1)5-7;3*1-2-4-6-5-3-1;1-3-2/h10-13H,1-9H2;1-10H2;7-10H,1-6H2;9-10H,1-8H2;2*1-8H;1-8H;7-8H,1-6H2;6-7H,1-5H2;3*1-6H2;3H2,1-2H3. The second-order valence-electron chi connectivity index (χ2n) is 42.2. The van der Waals surface area contributed by atoms with Crippen molar-refractivity contribution in [2.75, 3.05) is 0 Å². The van der Waals surface area contributed by atoms with E-state index in [4.69, 9.17) is 0 Å². The first kappa shape index (κ1) is 81.9. The van der Waals surface area contributed by atoms with Crippen molar-refractivity contribution in [2.24, 2.45) is 136 Å². The van der Waals surface area contributed by atoms with Gasteiger partial charge in [-0.3, -0.25) is 0 Å². The van der Waals surface area contributed by atoms with Gasteiger partial charge in [-0.1, -0.05) is 445 Å². The van der Waals surface area contributed by atoms with E-state index in [-0.39, 0.29) is 0 Å². The van der Waals surface area contributed by atoms with E-state index in [0.717, 1.165) is 46.8 Å². The molecule has 8 bridgehead atoms. The number of hydrogen-bond acceptors (Lipinski definition) is 0. The zero-order valence-electron chi connectivity index (χ0n) is 71.0. The number of fused-ring (bicyclic) bond motifs is 8. The van der Waals surface area contributed by atoms with E-state index in [1.165, 1.54) is 297 Å². The minimum absolute atomic E-state index is 0.858. The molecule has 1 spiro atoms. The van der Waals surface area contributed by atoms with Crippen molar-refractivity contribution in [2.45, 2.75) is 418 Å². The van der Waals surface area contributed by atoms with Crippen molar-refractivity contribution < 1.29 is 0 Å². The lowest BCUT2D eigenvalue weighted by atomic mass is 9.01. The minimum atomic E-state index is 0.858. The van der Waals surface area contributed by atoms with E-state index >= 15 is 0 Å². The molecule has 0 heterocycles. The van der Waals surface area contributed by atoms with E-state index in [0.29, 0.717) is 0 Å². The first-order chi connectivity index (χ1) is 53.5. The van der Waals surface area contributed by atoms with Gasteiger partial charge in [-0.2, -0.15) is 0 Å². The third-order valence-electron chi connectivity index (χ3n) is 35.1. The third kappa shape index (κ3) is 22.3. The number of rotatable bonds is 0. The van der Waals surface area contributed by atoms with Crippen LogP contribution in [0.4, 0.5) is 0 Å². The molecular formula is C108H170. The molecule has 29 rings (SSSR count). The third-order valence-corrected chi connectivity index (χ3v) is 35.1. The molecular weight excluding hydrogens is 1300 g/mol. The first-order valence-corrected chi connectivity index (χ1v) is 50.4. The summed E-state index contributed by atoms with van der Waals surface area (Å²) < 4.78 is 0. The molecule has 108 heavy (non-hydrogen) atoms. The maximum absolute atomic E-state index is 2.12.